The van der Waals surface area contributed by atoms with Gasteiger partial charge < -0.3 is 14.8 Å². The Labute approximate surface area is 122 Å². The molecule has 0 bridgehead atoms. The van der Waals surface area contributed by atoms with E-state index in [2.05, 4.69) is 5.32 Å². The lowest BCUT2D eigenvalue weighted by atomic mass is 10.0. The minimum Gasteiger partial charge on any atom is -0.480 e. The van der Waals surface area contributed by atoms with Gasteiger partial charge in [0, 0.05) is 10.9 Å². The van der Waals surface area contributed by atoms with Gasteiger partial charge in [0.25, 0.3) is 0 Å². The SMILES string of the molecule is Cc1ccc2c(CC(=O)N[C@@H](C(=O)O)C(C)C)coc2c1. The molecule has 21 heavy (non-hydrogen) atoms. The summed E-state index contributed by atoms with van der Waals surface area (Å²) in [6.45, 7) is 5.48. The molecule has 2 rings (SSSR count). The van der Waals surface area contributed by atoms with E-state index >= 15 is 0 Å². The van der Waals surface area contributed by atoms with Crippen molar-refractivity contribution in [3.63, 3.8) is 0 Å². The molecule has 0 saturated carbocycles. The Balaban J connectivity index is 2.13. The van der Waals surface area contributed by atoms with Crippen molar-refractivity contribution in [2.75, 3.05) is 0 Å². The first kappa shape index (κ1) is 15.1. The molecule has 5 heteroatoms. The van der Waals surface area contributed by atoms with Gasteiger partial charge >= 0.3 is 5.97 Å². The fourth-order valence-electron chi connectivity index (χ4n) is 2.24. The molecule has 1 aromatic heterocycles. The zero-order chi connectivity index (χ0) is 15.6. The van der Waals surface area contributed by atoms with E-state index in [1.54, 1.807) is 20.1 Å². The lowest BCUT2D eigenvalue weighted by Crippen LogP contribution is -2.44. The molecular weight excluding hydrogens is 270 g/mol. The van der Waals surface area contributed by atoms with Crippen molar-refractivity contribution in [3.8, 4) is 0 Å². The number of carboxylic acids is 1. The second kappa shape index (κ2) is 5.99. The Morgan fingerprint density at radius 3 is 2.67 bits per heavy atom. The molecule has 0 saturated heterocycles. The monoisotopic (exact) mass is 289 g/mol. The van der Waals surface area contributed by atoms with E-state index in [9.17, 15) is 9.59 Å². The maximum absolute atomic E-state index is 12.0. The lowest BCUT2D eigenvalue weighted by Gasteiger charge is -2.17. The molecule has 2 N–H and O–H groups in total. The molecule has 0 unspecified atom stereocenters. The molecule has 5 nitrogen and oxygen atoms in total. The van der Waals surface area contributed by atoms with Crippen molar-refractivity contribution in [3.05, 3.63) is 35.6 Å². The first-order valence-corrected chi connectivity index (χ1v) is 6.87. The number of aliphatic carboxylic acids is 1. The molecule has 1 aromatic carbocycles. The van der Waals surface area contributed by atoms with E-state index in [1.807, 2.05) is 25.1 Å². The summed E-state index contributed by atoms with van der Waals surface area (Å²) in [7, 11) is 0. The van der Waals surface area contributed by atoms with Gasteiger partial charge in [0.05, 0.1) is 12.7 Å². The quantitative estimate of drug-likeness (QED) is 0.886. The first-order chi connectivity index (χ1) is 9.88. The summed E-state index contributed by atoms with van der Waals surface area (Å²) >= 11 is 0. The van der Waals surface area contributed by atoms with Crippen molar-refractivity contribution in [1.29, 1.82) is 0 Å². The van der Waals surface area contributed by atoms with Crippen LogP contribution in [0.25, 0.3) is 11.0 Å². The molecule has 1 amide bonds. The number of furan rings is 1. The van der Waals surface area contributed by atoms with Gasteiger partial charge in [-0.15, -0.1) is 0 Å². The highest BCUT2D eigenvalue weighted by molar-refractivity contribution is 5.89. The fraction of sp³-hybridized carbons (Fsp3) is 0.375. The van der Waals surface area contributed by atoms with Crippen molar-refractivity contribution in [2.24, 2.45) is 5.92 Å². The molecule has 0 aliphatic rings. The van der Waals surface area contributed by atoms with Crippen LogP contribution in [-0.2, 0) is 16.0 Å². The summed E-state index contributed by atoms with van der Waals surface area (Å²) in [6.07, 6.45) is 1.65. The van der Waals surface area contributed by atoms with Gasteiger partial charge in [-0.25, -0.2) is 4.79 Å². The molecule has 112 valence electrons. The molecule has 0 spiro atoms. The van der Waals surface area contributed by atoms with Crippen molar-refractivity contribution < 1.29 is 19.1 Å². The van der Waals surface area contributed by atoms with Gasteiger partial charge in [-0.3, -0.25) is 4.79 Å². The van der Waals surface area contributed by atoms with Crippen molar-refractivity contribution >= 4 is 22.8 Å². The fourth-order valence-corrected chi connectivity index (χ4v) is 2.24. The average molecular weight is 289 g/mol. The van der Waals surface area contributed by atoms with Crippen molar-refractivity contribution in [1.82, 2.24) is 5.32 Å². The number of fused-ring (bicyclic) bond motifs is 1. The molecule has 2 aromatic rings. The Morgan fingerprint density at radius 2 is 2.05 bits per heavy atom. The second-order valence-corrected chi connectivity index (χ2v) is 5.56. The normalized spacial score (nSPS) is 12.6. The van der Waals surface area contributed by atoms with Crippen LogP contribution in [0.5, 0.6) is 0 Å². The molecule has 0 fully saturated rings. The van der Waals surface area contributed by atoms with Crippen LogP contribution in [0.3, 0.4) is 0 Å². The Morgan fingerprint density at radius 1 is 1.33 bits per heavy atom. The number of benzene rings is 1. The van der Waals surface area contributed by atoms with E-state index in [-0.39, 0.29) is 18.2 Å². The van der Waals surface area contributed by atoms with Gasteiger partial charge in [0.15, 0.2) is 0 Å². The van der Waals surface area contributed by atoms with Crippen molar-refractivity contribution in [2.45, 2.75) is 33.2 Å². The number of aryl methyl sites for hydroxylation is 1. The van der Waals surface area contributed by atoms with Crippen LogP contribution in [0.4, 0.5) is 0 Å². The molecule has 0 radical (unpaired) electrons. The maximum atomic E-state index is 12.0. The Kier molecular flexibility index (Phi) is 4.31. The van der Waals surface area contributed by atoms with Gasteiger partial charge in [0.2, 0.25) is 5.91 Å². The highest BCUT2D eigenvalue weighted by Crippen LogP contribution is 2.22. The number of hydrogen-bond donors (Lipinski definition) is 2. The molecule has 0 aliphatic carbocycles. The topological polar surface area (TPSA) is 79.5 Å². The first-order valence-electron chi connectivity index (χ1n) is 6.87. The number of nitrogens with one attached hydrogen (secondary N) is 1. The zero-order valence-electron chi connectivity index (χ0n) is 12.3. The number of rotatable bonds is 5. The molecule has 1 heterocycles. The average Bonchev–Trinajstić information content (AvgIpc) is 2.77. The van der Waals surface area contributed by atoms with Crippen LogP contribution in [-0.4, -0.2) is 23.0 Å². The number of amides is 1. The smallest absolute Gasteiger partial charge is 0.326 e. The number of carboxylic acid groups (broad SMARTS) is 1. The molecule has 1 atom stereocenters. The predicted octanol–water partition coefficient (Wildman–Crippen LogP) is 2.51. The third-order valence-electron chi connectivity index (χ3n) is 3.41. The van der Waals surface area contributed by atoms with Crippen LogP contribution in [0, 0.1) is 12.8 Å². The van der Waals surface area contributed by atoms with E-state index in [1.165, 1.54) is 0 Å². The second-order valence-electron chi connectivity index (χ2n) is 5.56. The van der Waals surface area contributed by atoms with Crippen LogP contribution in [0.15, 0.2) is 28.9 Å². The third kappa shape index (κ3) is 3.42. The van der Waals surface area contributed by atoms with E-state index in [0.717, 1.165) is 22.1 Å². The van der Waals surface area contributed by atoms with Crippen LogP contribution >= 0.6 is 0 Å². The summed E-state index contributed by atoms with van der Waals surface area (Å²) < 4.78 is 5.43. The minimum atomic E-state index is -1.02. The van der Waals surface area contributed by atoms with E-state index in [4.69, 9.17) is 9.52 Å². The van der Waals surface area contributed by atoms with Gasteiger partial charge in [-0.1, -0.05) is 26.0 Å². The zero-order valence-corrected chi connectivity index (χ0v) is 12.3. The van der Waals surface area contributed by atoms with Crippen LogP contribution in [0.2, 0.25) is 0 Å². The summed E-state index contributed by atoms with van der Waals surface area (Å²) in [4.78, 5) is 23.1. The predicted molar refractivity (Wildman–Crippen MR) is 79.1 cm³/mol. The van der Waals surface area contributed by atoms with Crippen LogP contribution < -0.4 is 5.32 Å². The van der Waals surface area contributed by atoms with Gasteiger partial charge in [0.1, 0.15) is 11.6 Å². The number of carbonyl (C=O) groups is 2. The lowest BCUT2D eigenvalue weighted by molar-refractivity contribution is -0.143. The Bertz CT molecular complexity index is 672. The Hall–Kier alpha value is -2.30. The van der Waals surface area contributed by atoms with Crippen LogP contribution in [0.1, 0.15) is 25.0 Å². The minimum absolute atomic E-state index is 0.104. The summed E-state index contributed by atoms with van der Waals surface area (Å²) in [5, 5.41) is 12.5. The number of carbonyl (C=O) groups excluding carboxylic acids is 1. The van der Waals surface area contributed by atoms with E-state index in [0.29, 0.717) is 0 Å². The highest BCUT2D eigenvalue weighted by atomic mass is 16.4. The highest BCUT2D eigenvalue weighted by Gasteiger charge is 2.23. The largest absolute Gasteiger partial charge is 0.480 e. The maximum Gasteiger partial charge on any atom is 0.326 e. The standard InChI is InChI=1S/C16H19NO4/c1-9(2)15(16(19)20)17-14(18)7-11-8-21-13-6-10(3)4-5-12(11)13/h4-6,8-9,15H,7H2,1-3H3,(H,17,18)(H,19,20)/t15-/m1/s1. The van der Waals surface area contributed by atoms with E-state index < -0.39 is 12.0 Å². The van der Waals surface area contributed by atoms with Gasteiger partial charge in [-0.05, 0) is 24.5 Å². The molecule has 0 aliphatic heterocycles. The number of hydrogen-bond acceptors (Lipinski definition) is 3. The third-order valence-corrected chi connectivity index (χ3v) is 3.41. The summed E-state index contributed by atoms with van der Waals surface area (Å²) in [6, 6.07) is 4.89. The molecular formula is C16H19NO4. The summed E-state index contributed by atoms with van der Waals surface area (Å²) in [5.74, 6) is -1.51. The summed E-state index contributed by atoms with van der Waals surface area (Å²) in [5.41, 5.74) is 2.57. The van der Waals surface area contributed by atoms with Gasteiger partial charge in [-0.2, -0.15) is 0 Å².